The lowest BCUT2D eigenvalue weighted by Crippen LogP contribution is -2.02. The Kier molecular flexibility index (Phi) is 6.01. The van der Waals surface area contributed by atoms with Crippen molar-refractivity contribution in [3.63, 3.8) is 0 Å². The van der Waals surface area contributed by atoms with Crippen LogP contribution in [0.4, 0.5) is 0 Å². The Hall–Kier alpha value is -4.46. The molecular weight excluding hydrogens is 460 g/mol. The highest BCUT2D eigenvalue weighted by Crippen LogP contribution is 2.58. The van der Waals surface area contributed by atoms with Crippen LogP contribution >= 0.6 is 0 Å². The Morgan fingerprint density at radius 3 is 1.14 bits per heavy atom. The van der Waals surface area contributed by atoms with Gasteiger partial charge < -0.3 is 38.4 Å². The molecule has 0 amide bonds. The minimum absolute atomic E-state index is 0.520. The number of benzene rings is 3. The quantitative estimate of drug-likeness (QED) is 0.277. The summed E-state index contributed by atoms with van der Waals surface area (Å²) in [5, 5.41) is 1.89. The van der Waals surface area contributed by atoms with E-state index in [4.69, 9.17) is 28.4 Å². The zero-order valence-electron chi connectivity index (χ0n) is 21.1. The number of fused-ring (bicyclic) bond motifs is 2. The highest BCUT2D eigenvalue weighted by atomic mass is 16.5. The molecule has 186 valence electrons. The fourth-order valence-electron chi connectivity index (χ4n) is 4.80. The lowest BCUT2D eigenvalue weighted by atomic mass is 9.94. The number of rotatable bonds is 8. The van der Waals surface area contributed by atoms with Crippen molar-refractivity contribution in [1.29, 1.82) is 0 Å². The molecule has 3 aromatic carbocycles. The average Bonchev–Trinajstić information content (AvgIpc) is 3.54. The Morgan fingerprint density at radius 2 is 0.833 bits per heavy atom. The van der Waals surface area contributed by atoms with Crippen molar-refractivity contribution < 1.29 is 28.4 Å². The summed E-state index contributed by atoms with van der Waals surface area (Å²) in [6, 6.07) is 11.7. The number of ether oxygens (including phenoxy) is 6. The number of hydrogen-bond acceptors (Lipinski definition) is 6. The summed E-state index contributed by atoms with van der Waals surface area (Å²) < 4.78 is 34.9. The predicted molar refractivity (Wildman–Crippen MR) is 140 cm³/mol. The van der Waals surface area contributed by atoms with Gasteiger partial charge in [0.05, 0.1) is 53.8 Å². The molecule has 2 N–H and O–H groups in total. The number of nitrogens with one attached hydrogen (secondary N) is 2. The van der Waals surface area contributed by atoms with Crippen LogP contribution in [-0.4, -0.2) is 52.6 Å². The number of methoxy groups -OCH3 is 6. The molecule has 0 saturated carbocycles. The second-order valence-electron chi connectivity index (χ2n) is 8.11. The smallest absolute Gasteiger partial charge is 0.173 e. The van der Waals surface area contributed by atoms with Gasteiger partial charge in [-0.3, -0.25) is 0 Å². The molecule has 0 radical (unpaired) electrons. The molecule has 0 aliphatic heterocycles. The molecule has 5 rings (SSSR count). The van der Waals surface area contributed by atoms with E-state index in [2.05, 4.69) is 9.97 Å². The number of aromatic amines is 2. The maximum absolute atomic E-state index is 5.99. The summed E-state index contributed by atoms with van der Waals surface area (Å²) in [5.74, 6) is 3.56. The second-order valence-corrected chi connectivity index (χ2v) is 8.11. The van der Waals surface area contributed by atoms with Crippen LogP contribution < -0.4 is 28.4 Å². The molecule has 0 aliphatic rings. The zero-order valence-corrected chi connectivity index (χ0v) is 21.1. The first-order valence-electron chi connectivity index (χ1n) is 11.3. The van der Waals surface area contributed by atoms with Gasteiger partial charge in [-0.2, -0.15) is 0 Å². The molecule has 0 bridgehead atoms. The lowest BCUT2D eigenvalue weighted by molar-refractivity contribution is 0.333. The molecular formula is C28H28N2O6. The summed E-state index contributed by atoms with van der Waals surface area (Å²) in [7, 11) is 9.75. The largest absolute Gasteiger partial charge is 0.497 e. The van der Waals surface area contributed by atoms with Gasteiger partial charge in [0.2, 0.25) is 0 Å². The summed E-state index contributed by atoms with van der Waals surface area (Å²) >= 11 is 0. The Labute approximate surface area is 208 Å². The van der Waals surface area contributed by atoms with Gasteiger partial charge in [-0.25, -0.2) is 0 Å². The third kappa shape index (κ3) is 3.45. The molecule has 0 saturated heterocycles. The lowest BCUT2D eigenvalue weighted by Gasteiger charge is -2.23. The first-order valence-corrected chi connectivity index (χ1v) is 11.3. The molecule has 36 heavy (non-hydrogen) atoms. The third-order valence-corrected chi connectivity index (χ3v) is 6.45. The summed E-state index contributed by atoms with van der Waals surface area (Å²) in [6.45, 7) is 0. The maximum Gasteiger partial charge on any atom is 0.173 e. The molecule has 0 fully saturated rings. The van der Waals surface area contributed by atoms with Gasteiger partial charge in [0.15, 0.2) is 23.0 Å². The van der Waals surface area contributed by atoms with E-state index < -0.39 is 0 Å². The maximum atomic E-state index is 5.99. The van der Waals surface area contributed by atoms with Gasteiger partial charge in [-0.05, 0) is 36.4 Å². The Balaban J connectivity index is 1.89. The number of H-pyrrole nitrogens is 2. The average molecular weight is 489 g/mol. The van der Waals surface area contributed by atoms with Gasteiger partial charge in [0, 0.05) is 45.3 Å². The van der Waals surface area contributed by atoms with E-state index in [1.807, 2.05) is 48.8 Å². The van der Waals surface area contributed by atoms with E-state index in [1.165, 1.54) is 0 Å². The van der Waals surface area contributed by atoms with Crippen molar-refractivity contribution in [1.82, 2.24) is 9.97 Å². The van der Waals surface area contributed by atoms with Crippen LogP contribution in [0.2, 0.25) is 0 Å². The molecule has 2 aromatic heterocycles. The van der Waals surface area contributed by atoms with Crippen LogP contribution in [0.3, 0.4) is 0 Å². The highest BCUT2D eigenvalue weighted by Gasteiger charge is 2.31. The van der Waals surface area contributed by atoms with Crippen LogP contribution in [0.25, 0.3) is 44.1 Å². The fraction of sp³-hybridized carbons (Fsp3) is 0.214. The molecule has 2 heterocycles. The first-order chi connectivity index (χ1) is 17.6. The van der Waals surface area contributed by atoms with Crippen molar-refractivity contribution in [3.8, 4) is 56.8 Å². The molecule has 0 unspecified atom stereocenters. The van der Waals surface area contributed by atoms with E-state index in [0.29, 0.717) is 34.1 Å². The minimum Gasteiger partial charge on any atom is -0.497 e. The van der Waals surface area contributed by atoms with Crippen LogP contribution in [0.1, 0.15) is 0 Å². The van der Waals surface area contributed by atoms with Crippen molar-refractivity contribution >= 4 is 21.8 Å². The summed E-state index contributed by atoms with van der Waals surface area (Å²) in [4.78, 5) is 6.65. The zero-order chi connectivity index (χ0) is 25.4. The van der Waals surface area contributed by atoms with Crippen molar-refractivity contribution in [2.24, 2.45) is 0 Å². The van der Waals surface area contributed by atoms with E-state index in [1.54, 1.807) is 42.7 Å². The molecule has 5 aromatic rings. The van der Waals surface area contributed by atoms with Crippen LogP contribution in [0, 0.1) is 0 Å². The highest BCUT2D eigenvalue weighted by molar-refractivity contribution is 6.06. The van der Waals surface area contributed by atoms with Gasteiger partial charge in [0.1, 0.15) is 11.5 Å². The SMILES string of the molecule is COc1ccc2[nH]cc(-c3c(OC)c(OC)c(-c4c[nH]c5ccc(OC)cc45)c(OC)c3OC)c2c1. The normalized spacial score (nSPS) is 11.1. The third-order valence-electron chi connectivity index (χ3n) is 6.45. The van der Waals surface area contributed by atoms with E-state index in [0.717, 1.165) is 44.4 Å². The summed E-state index contributed by atoms with van der Waals surface area (Å²) in [5.41, 5.74) is 5.02. The van der Waals surface area contributed by atoms with Crippen molar-refractivity contribution in [3.05, 3.63) is 48.8 Å². The first kappa shape index (κ1) is 23.3. The van der Waals surface area contributed by atoms with E-state index in [9.17, 15) is 0 Å². The van der Waals surface area contributed by atoms with E-state index in [-0.39, 0.29) is 0 Å². The Bertz CT molecular complexity index is 1420. The van der Waals surface area contributed by atoms with Crippen LogP contribution in [0.15, 0.2) is 48.8 Å². The van der Waals surface area contributed by atoms with Gasteiger partial charge in [-0.1, -0.05) is 0 Å². The molecule has 8 nitrogen and oxygen atoms in total. The van der Waals surface area contributed by atoms with Gasteiger partial charge in [-0.15, -0.1) is 0 Å². The van der Waals surface area contributed by atoms with Gasteiger partial charge >= 0.3 is 0 Å². The van der Waals surface area contributed by atoms with Crippen molar-refractivity contribution in [2.45, 2.75) is 0 Å². The standard InChI is InChI=1S/C28H28N2O6/c1-31-15-7-9-21-17(11-15)19(13-29-21)23-25(33-3)27(35-5)24(28(36-6)26(23)34-4)20-14-30-22-10-8-16(32-2)12-18(20)22/h7-14,29-30H,1-6H3. The predicted octanol–water partition coefficient (Wildman–Crippen LogP) is 6.03. The van der Waals surface area contributed by atoms with E-state index >= 15 is 0 Å². The monoisotopic (exact) mass is 488 g/mol. The van der Waals surface area contributed by atoms with Crippen LogP contribution in [0.5, 0.6) is 34.5 Å². The second kappa shape index (κ2) is 9.30. The van der Waals surface area contributed by atoms with Crippen LogP contribution in [-0.2, 0) is 0 Å². The molecule has 0 spiro atoms. The molecule has 0 aliphatic carbocycles. The van der Waals surface area contributed by atoms with Gasteiger partial charge in [0.25, 0.3) is 0 Å². The summed E-state index contributed by atoms with van der Waals surface area (Å²) in [6.07, 6.45) is 3.83. The fourth-order valence-corrected chi connectivity index (χ4v) is 4.80. The number of hydrogen-bond donors (Lipinski definition) is 2. The topological polar surface area (TPSA) is 87.0 Å². The number of aromatic nitrogens is 2. The minimum atomic E-state index is 0.520. The Morgan fingerprint density at radius 1 is 0.472 bits per heavy atom. The molecule has 8 heteroatoms. The van der Waals surface area contributed by atoms with Crippen molar-refractivity contribution in [2.75, 3.05) is 42.7 Å². The molecule has 0 atom stereocenters.